The van der Waals surface area contributed by atoms with E-state index in [1.54, 1.807) is 4.90 Å². The van der Waals surface area contributed by atoms with Gasteiger partial charge in [0.25, 0.3) is 0 Å². The van der Waals surface area contributed by atoms with Crippen molar-refractivity contribution in [2.24, 2.45) is 0 Å². The third-order valence-corrected chi connectivity index (χ3v) is 2.54. The monoisotopic (exact) mass is 220 g/mol. The van der Waals surface area contributed by atoms with Gasteiger partial charge < -0.3 is 10.6 Å². The third-order valence-electron chi connectivity index (χ3n) is 2.54. The van der Waals surface area contributed by atoms with Crippen molar-refractivity contribution in [2.45, 2.75) is 32.7 Å². The molecule has 0 saturated carbocycles. The van der Waals surface area contributed by atoms with E-state index < -0.39 is 0 Å². The highest BCUT2D eigenvalue weighted by molar-refractivity contribution is 5.75. The molecule has 0 saturated heterocycles. The van der Waals surface area contributed by atoms with Crippen LogP contribution in [-0.4, -0.2) is 17.9 Å². The van der Waals surface area contributed by atoms with Crippen molar-refractivity contribution in [1.29, 1.82) is 0 Å². The van der Waals surface area contributed by atoms with Crippen LogP contribution < -0.4 is 5.73 Å². The van der Waals surface area contributed by atoms with E-state index >= 15 is 0 Å². The van der Waals surface area contributed by atoms with Crippen LogP contribution in [0.5, 0.6) is 0 Å². The van der Waals surface area contributed by atoms with E-state index in [1.165, 1.54) is 0 Å². The molecule has 0 aliphatic carbocycles. The predicted octanol–water partition coefficient (Wildman–Crippen LogP) is 2.42. The summed E-state index contributed by atoms with van der Waals surface area (Å²) >= 11 is 0. The first-order valence-corrected chi connectivity index (χ1v) is 5.72. The molecule has 3 heteroatoms. The zero-order valence-corrected chi connectivity index (χ0v) is 10.1. The van der Waals surface area contributed by atoms with Crippen molar-refractivity contribution in [1.82, 2.24) is 4.90 Å². The second-order valence-electron chi connectivity index (χ2n) is 4.10. The van der Waals surface area contributed by atoms with Crippen molar-refractivity contribution >= 4 is 11.6 Å². The summed E-state index contributed by atoms with van der Waals surface area (Å²) in [6.45, 7) is 2.72. The Hall–Kier alpha value is -1.51. The maximum absolute atomic E-state index is 11.7. The topological polar surface area (TPSA) is 46.3 Å². The van der Waals surface area contributed by atoms with E-state index in [2.05, 4.69) is 6.92 Å². The largest absolute Gasteiger partial charge is 0.399 e. The van der Waals surface area contributed by atoms with E-state index in [4.69, 9.17) is 5.73 Å². The molecule has 3 nitrogen and oxygen atoms in total. The normalized spacial score (nSPS) is 10.1. The predicted molar refractivity (Wildman–Crippen MR) is 66.9 cm³/mol. The molecule has 0 aliphatic rings. The van der Waals surface area contributed by atoms with Crippen LogP contribution in [0, 0.1) is 0 Å². The molecule has 1 aromatic rings. The smallest absolute Gasteiger partial charge is 0.222 e. The van der Waals surface area contributed by atoms with Crippen molar-refractivity contribution in [3.63, 3.8) is 0 Å². The Balaban J connectivity index is 2.50. The molecule has 0 heterocycles. The number of carbonyl (C=O) groups excluding carboxylic acids is 1. The number of nitrogen functional groups attached to an aromatic ring is 1. The SMILES string of the molecule is CCCCC(=O)N(C)Cc1cccc(N)c1. The molecule has 0 aliphatic heterocycles. The lowest BCUT2D eigenvalue weighted by Gasteiger charge is -2.17. The van der Waals surface area contributed by atoms with E-state index in [1.807, 2.05) is 31.3 Å². The molecule has 88 valence electrons. The molecule has 0 radical (unpaired) electrons. The Morgan fingerprint density at radius 3 is 2.81 bits per heavy atom. The van der Waals surface area contributed by atoms with Gasteiger partial charge in [0.2, 0.25) is 5.91 Å². The highest BCUT2D eigenvalue weighted by Crippen LogP contribution is 2.10. The molecule has 0 aromatic heterocycles. The van der Waals surface area contributed by atoms with Crippen molar-refractivity contribution in [2.75, 3.05) is 12.8 Å². The lowest BCUT2D eigenvalue weighted by Crippen LogP contribution is -2.25. The maximum Gasteiger partial charge on any atom is 0.222 e. The first-order valence-electron chi connectivity index (χ1n) is 5.72. The van der Waals surface area contributed by atoms with Crippen LogP contribution in [0.3, 0.4) is 0 Å². The van der Waals surface area contributed by atoms with Gasteiger partial charge in [-0.05, 0) is 24.1 Å². The van der Waals surface area contributed by atoms with E-state index in [-0.39, 0.29) is 5.91 Å². The number of amides is 1. The van der Waals surface area contributed by atoms with Crippen LogP contribution in [0.1, 0.15) is 31.7 Å². The highest BCUT2D eigenvalue weighted by Gasteiger charge is 2.08. The summed E-state index contributed by atoms with van der Waals surface area (Å²) in [5, 5.41) is 0. The lowest BCUT2D eigenvalue weighted by molar-refractivity contribution is -0.130. The summed E-state index contributed by atoms with van der Waals surface area (Å²) in [5.74, 6) is 0.198. The van der Waals surface area contributed by atoms with Crippen molar-refractivity contribution < 1.29 is 4.79 Å². The summed E-state index contributed by atoms with van der Waals surface area (Å²) in [6.07, 6.45) is 2.65. The van der Waals surface area contributed by atoms with Gasteiger partial charge in [0, 0.05) is 25.7 Å². The van der Waals surface area contributed by atoms with Gasteiger partial charge in [-0.15, -0.1) is 0 Å². The second kappa shape index (κ2) is 6.16. The molecule has 0 bridgehead atoms. The average Bonchev–Trinajstić information content (AvgIpc) is 2.25. The van der Waals surface area contributed by atoms with Gasteiger partial charge in [-0.3, -0.25) is 4.79 Å². The number of benzene rings is 1. The summed E-state index contributed by atoms with van der Waals surface area (Å²) < 4.78 is 0. The minimum atomic E-state index is 0.198. The van der Waals surface area contributed by atoms with Gasteiger partial charge in [-0.25, -0.2) is 0 Å². The van der Waals surface area contributed by atoms with E-state index in [0.29, 0.717) is 13.0 Å². The Morgan fingerprint density at radius 2 is 2.19 bits per heavy atom. The fourth-order valence-corrected chi connectivity index (χ4v) is 1.57. The van der Waals surface area contributed by atoms with Crippen LogP contribution in [0.4, 0.5) is 5.69 Å². The summed E-state index contributed by atoms with van der Waals surface area (Å²) in [5.41, 5.74) is 7.51. The zero-order valence-electron chi connectivity index (χ0n) is 10.1. The minimum Gasteiger partial charge on any atom is -0.399 e. The summed E-state index contributed by atoms with van der Waals surface area (Å²) in [6, 6.07) is 7.65. The molecular formula is C13H20N2O. The summed E-state index contributed by atoms with van der Waals surface area (Å²) in [4.78, 5) is 13.4. The number of hydrogen-bond donors (Lipinski definition) is 1. The van der Waals surface area contributed by atoms with Gasteiger partial charge in [0.1, 0.15) is 0 Å². The molecular weight excluding hydrogens is 200 g/mol. The quantitative estimate of drug-likeness (QED) is 0.775. The van der Waals surface area contributed by atoms with Crippen LogP contribution in [0.25, 0.3) is 0 Å². The number of nitrogens with two attached hydrogens (primary N) is 1. The number of anilines is 1. The molecule has 1 aromatic carbocycles. The van der Waals surface area contributed by atoms with Crippen molar-refractivity contribution in [3.8, 4) is 0 Å². The fraction of sp³-hybridized carbons (Fsp3) is 0.462. The average molecular weight is 220 g/mol. The van der Waals surface area contributed by atoms with Gasteiger partial charge in [0.15, 0.2) is 0 Å². The second-order valence-corrected chi connectivity index (χ2v) is 4.10. The molecule has 0 atom stereocenters. The molecule has 1 amide bonds. The van der Waals surface area contributed by atoms with E-state index in [0.717, 1.165) is 24.1 Å². The van der Waals surface area contributed by atoms with Gasteiger partial charge in [0.05, 0.1) is 0 Å². The first-order chi connectivity index (χ1) is 7.63. The molecule has 16 heavy (non-hydrogen) atoms. The van der Waals surface area contributed by atoms with Gasteiger partial charge in [-0.1, -0.05) is 25.5 Å². The number of nitrogens with zero attached hydrogens (tertiary/aromatic N) is 1. The van der Waals surface area contributed by atoms with Crippen LogP contribution in [0.15, 0.2) is 24.3 Å². The van der Waals surface area contributed by atoms with Crippen LogP contribution >= 0.6 is 0 Å². The Morgan fingerprint density at radius 1 is 1.44 bits per heavy atom. The lowest BCUT2D eigenvalue weighted by atomic mass is 10.2. The molecule has 2 N–H and O–H groups in total. The van der Waals surface area contributed by atoms with Gasteiger partial charge in [-0.2, -0.15) is 0 Å². The summed E-state index contributed by atoms with van der Waals surface area (Å²) in [7, 11) is 1.83. The molecule has 1 rings (SSSR count). The van der Waals surface area contributed by atoms with Crippen molar-refractivity contribution in [3.05, 3.63) is 29.8 Å². The van der Waals surface area contributed by atoms with Crippen LogP contribution in [-0.2, 0) is 11.3 Å². The standard InChI is InChI=1S/C13H20N2O/c1-3-4-8-13(16)15(2)10-11-6-5-7-12(14)9-11/h5-7,9H,3-4,8,10,14H2,1-2H3. The molecule has 0 spiro atoms. The van der Waals surface area contributed by atoms with Gasteiger partial charge >= 0.3 is 0 Å². The fourth-order valence-electron chi connectivity index (χ4n) is 1.57. The minimum absolute atomic E-state index is 0.198. The Kier molecular flexibility index (Phi) is 4.83. The first kappa shape index (κ1) is 12.6. The number of unbranched alkanes of at least 4 members (excludes halogenated alkanes) is 1. The Labute approximate surface area is 97.2 Å². The number of rotatable bonds is 5. The highest BCUT2D eigenvalue weighted by atomic mass is 16.2. The third kappa shape index (κ3) is 3.93. The van der Waals surface area contributed by atoms with Crippen LogP contribution in [0.2, 0.25) is 0 Å². The zero-order chi connectivity index (χ0) is 12.0. The van der Waals surface area contributed by atoms with E-state index in [9.17, 15) is 4.79 Å². The molecule has 0 unspecified atom stereocenters. The number of carbonyl (C=O) groups is 1. The Bertz CT molecular complexity index is 350. The maximum atomic E-state index is 11.7. The number of hydrogen-bond acceptors (Lipinski definition) is 2. The molecule has 0 fully saturated rings.